The standard InChI is InChI=1S/C10H24N2O3S/c1-5-6-12(10(2,3)9-11)16(13,14)8-7-15-4/h5-9,11H2,1-4H3. The van der Waals surface area contributed by atoms with E-state index in [0.29, 0.717) is 13.1 Å². The van der Waals surface area contributed by atoms with Crippen LogP contribution >= 0.6 is 0 Å². The summed E-state index contributed by atoms with van der Waals surface area (Å²) in [7, 11) is -1.79. The molecule has 0 aromatic rings. The van der Waals surface area contributed by atoms with E-state index in [1.54, 1.807) is 0 Å². The van der Waals surface area contributed by atoms with Gasteiger partial charge in [-0.05, 0) is 20.3 Å². The Hall–Kier alpha value is -0.170. The van der Waals surface area contributed by atoms with Crippen LogP contribution in [0.15, 0.2) is 0 Å². The number of sulfonamides is 1. The van der Waals surface area contributed by atoms with Crippen LogP contribution in [0.25, 0.3) is 0 Å². The van der Waals surface area contributed by atoms with Crippen molar-refractivity contribution >= 4 is 10.0 Å². The molecule has 0 aliphatic carbocycles. The van der Waals surface area contributed by atoms with Crippen molar-refractivity contribution < 1.29 is 13.2 Å². The number of methoxy groups -OCH3 is 1. The summed E-state index contributed by atoms with van der Waals surface area (Å²) >= 11 is 0. The average molecular weight is 252 g/mol. The fourth-order valence-electron chi connectivity index (χ4n) is 1.42. The van der Waals surface area contributed by atoms with Crippen molar-refractivity contribution in [2.24, 2.45) is 5.73 Å². The summed E-state index contributed by atoms with van der Waals surface area (Å²) in [6.07, 6.45) is 0.773. The van der Waals surface area contributed by atoms with E-state index in [-0.39, 0.29) is 12.4 Å². The third-order valence-corrected chi connectivity index (χ3v) is 4.51. The highest BCUT2D eigenvalue weighted by molar-refractivity contribution is 7.89. The summed E-state index contributed by atoms with van der Waals surface area (Å²) in [5.41, 5.74) is 5.09. The Morgan fingerprint density at radius 2 is 1.94 bits per heavy atom. The molecule has 0 fully saturated rings. The molecule has 0 aliphatic rings. The molecule has 0 amide bonds. The highest BCUT2D eigenvalue weighted by atomic mass is 32.2. The summed E-state index contributed by atoms with van der Waals surface area (Å²) in [5, 5.41) is 0. The summed E-state index contributed by atoms with van der Waals surface area (Å²) in [6.45, 7) is 6.64. The molecule has 0 rings (SSSR count). The molecule has 0 atom stereocenters. The third kappa shape index (κ3) is 4.37. The lowest BCUT2D eigenvalue weighted by atomic mass is 10.1. The summed E-state index contributed by atoms with van der Waals surface area (Å²) < 4.78 is 30.5. The van der Waals surface area contributed by atoms with E-state index in [0.717, 1.165) is 6.42 Å². The first-order chi connectivity index (χ1) is 7.31. The Balaban J connectivity index is 4.90. The van der Waals surface area contributed by atoms with Gasteiger partial charge < -0.3 is 10.5 Å². The molecule has 0 aromatic carbocycles. The zero-order valence-electron chi connectivity index (χ0n) is 10.7. The molecule has 2 N–H and O–H groups in total. The number of hydrogen-bond donors (Lipinski definition) is 1. The van der Waals surface area contributed by atoms with Crippen LogP contribution in [0.4, 0.5) is 0 Å². The van der Waals surface area contributed by atoms with Crippen LogP contribution in [0.5, 0.6) is 0 Å². The maximum absolute atomic E-state index is 12.1. The van der Waals surface area contributed by atoms with Crippen molar-refractivity contribution in [1.29, 1.82) is 0 Å². The van der Waals surface area contributed by atoms with E-state index in [9.17, 15) is 8.42 Å². The monoisotopic (exact) mass is 252 g/mol. The second-order valence-electron chi connectivity index (χ2n) is 4.40. The highest BCUT2D eigenvalue weighted by Crippen LogP contribution is 2.18. The Morgan fingerprint density at radius 1 is 1.38 bits per heavy atom. The molecule has 0 aliphatic heterocycles. The summed E-state index contributed by atoms with van der Waals surface area (Å²) in [4.78, 5) is 0. The second kappa shape index (κ2) is 6.54. The molecule has 16 heavy (non-hydrogen) atoms. The molecule has 0 saturated heterocycles. The Kier molecular flexibility index (Phi) is 6.47. The fraction of sp³-hybridized carbons (Fsp3) is 1.00. The molecular weight excluding hydrogens is 228 g/mol. The van der Waals surface area contributed by atoms with Crippen LogP contribution in [0.3, 0.4) is 0 Å². The van der Waals surface area contributed by atoms with Gasteiger partial charge in [0.2, 0.25) is 10.0 Å². The van der Waals surface area contributed by atoms with Crippen LogP contribution in [-0.2, 0) is 14.8 Å². The molecule has 0 bridgehead atoms. The van der Waals surface area contributed by atoms with Gasteiger partial charge in [-0.15, -0.1) is 0 Å². The van der Waals surface area contributed by atoms with E-state index in [1.165, 1.54) is 11.4 Å². The lowest BCUT2D eigenvalue weighted by molar-refractivity contribution is 0.206. The van der Waals surface area contributed by atoms with Crippen LogP contribution in [0, 0.1) is 0 Å². The van der Waals surface area contributed by atoms with Gasteiger partial charge in [-0.3, -0.25) is 0 Å². The van der Waals surface area contributed by atoms with Crippen molar-refractivity contribution in [2.75, 3.05) is 32.6 Å². The van der Waals surface area contributed by atoms with Gasteiger partial charge in [-0.1, -0.05) is 6.92 Å². The van der Waals surface area contributed by atoms with Crippen LogP contribution in [0.2, 0.25) is 0 Å². The first-order valence-corrected chi connectivity index (χ1v) is 7.12. The van der Waals surface area contributed by atoms with E-state index in [4.69, 9.17) is 10.5 Å². The van der Waals surface area contributed by atoms with Gasteiger partial charge >= 0.3 is 0 Å². The first kappa shape index (κ1) is 15.8. The van der Waals surface area contributed by atoms with Gasteiger partial charge in [0.25, 0.3) is 0 Å². The zero-order chi connectivity index (χ0) is 12.8. The van der Waals surface area contributed by atoms with Gasteiger partial charge in [-0.25, -0.2) is 8.42 Å². The number of nitrogens with zero attached hydrogens (tertiary/aromatic N) is 1. The molecule has 0 unspecified atom stereocenters. The number of hydrogen-bond acceptors (Lipinski definition) is 4. The molecule has 5 nitrogen and oxygen atoms in total. The first-order valence-electron chi connectivity index (χ1n) is 5.51. The molecule has 0 aromatic heterocycles. The van der Waals surface area contributed by atoms with Gasteiger partial charge in [-0.2, -0.15) is 4.31 Å². The average Bonchev–Trinajstić information content (AvgIpc) is 2.22. The van der Waals surface area contributed by atoms with Gasteiger partial charge in [0.1, 0.15) is 0 Å². The number of ether oxygens (including phenoxy) is 1. The van der Waals surface area contributed by atoms with Crippen LogP contribution < -0.4 is 5.73 Å². The third-order valence-electron chi connectivity index (χ3n) is 2.48. The summed E-state index contributed by atoms with van der Waals surface area (Å²) in [5.74, 6) is 0.00687. The fourth-order valence-corrected chi connectivity index (χ4v) is 3.31. The molecule has 0 saturated carbocycles. The number of rotatable bonds is 8. The Bertz CT molecular complexity index is 288. The largest absolute Gasteiger partial charge is 0.384 e. The quantitative estimate of drug-likeness (QED) is 0.679. The second-order valence-corrected chi connectivity index (χ2v) is 6.41. The smallest absolute Gasteiger partial charge is 0.216 e. The van der Waals surface area contributed by atoms with E-state index < -0.39 is 15.6 Å². The molecule has 6 heteroatoms. The van der Waals surface area contributed by atoms with Crippen molar-refractivity contribution in [3.05, 3.63) is 0 Å². The topological polar surface area (TPSA) is 72.6 Å². The maximum atomic E-state index is 12.1. The van der Waals surface area contributed by atoms with Crippen molar-refractivity contribution in [1.82, 2.24) is 4.31 Å². The van der Waals surface area contributed by atoms with Crippen molar-refractivity contribution in [2.45, 2.75) is 32.7 Å². The minimum absolute atomic E-state index is 0.00687. The maximum Gasteiger partial charge on any atom is 0.216 e. The SMILES string of the molecule is CCCN(C(C)(C)CN)S(=O)(=O)CCOC. The highest BCUT2D eigenvalue weighted by Gasteiger charge is 2.34. The minimum Gasteiger partial charge on any atom is -0.384 e. The molecule has 0 heterocycles. The minimum atomic E-state index is -3.29. The van der Waals surface area contributed by atoms with Crippen molar-refractivity contribution in [3.8, 4) is 0 Å². The Labute approximate surface area is 99.0 Å². The lowest BCUT2D eigenvalue weighted by Crippen LogP contribution is -2.53. The summed E-state index contributed by atoms with van der Waals surface area (Å²) in [6, 6.07) is 0. The molecule has 98 valence electrons. The molecule has 0 radical (unpaired) electrons. The normalized spacial score (nSPS) is 13.4. The van der Waals surface area contributed by atoms with Crippen molar-refractivity contribution in [3.63, 3.8) is 0 Å². The van der Waals surface area contributed by atoms with Gasteiger partial charge in [0.05, 0.1) is 12.4 Å². The van der Waals surface area contributed by atoms with E-state index in [2.05, 4.69) is 0 Å². The zero-order valence-corrected chi connectivity index (χ0v) is 11.5. The Morgan fingerprint density at radius 3 is 2.31 bits per heavy atom. The molecular formula is C10H24N2O3S. The lowest BCUT2D eigenvalue weighted by Gasteiger charge is -2.36. The van der Waals surface area contributed by atoms with Crippen LogP contribution in [0.1, 0.15) is 27.2 Å². The number of nitrogens with two attached hydrogens (primary N) is 1. The van der Waals surface area contributed by atoms with E-state index >= 15 is 0 Å². The van der Waals surface area contributed by atoms with Gasteiger partial charge in [0.15, 0.2) is 0 Å². The van der Waals surface area contributed by atoms with Gasteiger partial charge in [0, 0.05) is 25.7 Å². The van der Waals surface area contributed by atoms with E-state index in [1.807, 2.05) is 20.8 Å². The predicted molar refractivity (Wildman–Crippen MR) is 65.8 cm³/mol. The molecule has 0 spiro atoms. The predicted octanol–water partition coefficient (Wildman–Crippen LogP) is 0.412. The van der Waals surface area contributed by atoms with Crippen LogP contribution in [-0.4, -0.2) is 50.8 Å².